The van der Waals surface area contributed by atoms with Crippen molar-refractivity contribution in [2.45, 2.75) is 43.6 Å². The van der Waals surface area contributed by atoms with Crippen LogP contribution in [0.15, 0.2) is 18.2 Å². The van der Waals surface area contributed by atoms with Gasteiger partial charge in [-0.15, -0.1) is 0 Å². The monoisotopic (exact) mass is 289 g/mol. The summed E-state index contributed by atoms with van der Waals surface area (Å²) in [6, 6.07) is 6.43. The third kappa shape index (κ3) is 2.08. The maximum absolute atomic E-state index is 12.3. The molecule has 0 bridgehead atoms. The van der Waals surface area contributed by atoms with Gasteiger partial charge < -0.3 is 14.4 Å². The minimum atomic E-state index is -0.0519. The number of likely N-dealkylation sites (N-methyl/N-ethyl adjacent to an activating group) is 1. The predicted octanol–water partition coefficient (Wildman–Crippen LogP) is 2.75. The molecule has 2 fully saturated rings. The molecular formula is C17H23NO3. The number of nitrogens with zero attached hydrogens (tertiary/aromatic N) is 1. The molecule has 1 aromatic rings. The molecule has 4 heteroatoms. The van der Waals surface area contributed by atoms with Gasteiger partial charge in [0.2, 0.25) is 5.91 Å². The van der Waals surface area contributed by atoms with Gasteiger partial charge in [-0.25, -0.2) is 0 Å². The molecule has 21 heavy (non-hydrogen) atoms. The average molecular weight is 289 g/mol. The van der Waals surface area contributed by atoms with Gasteiger partial charge in [-0.2, -0.15) is 0 Å². The van der Waals surface area contributed by atoms with E-state index in [1.807, 2.05) is 18.0 Å². The standard InChI is InChI=1S/C17H23NO3/c1-18-15-6-4-5-9-17(15,11-16(18)19)12-7-8-13(20-2)14(10-12)21-3/h7-8,10,15H,4-6,9,11H2,1-3H3/t15-,17-/m1/s1. The summed E-state index contributed by atoms with van der Waals surface area (Å²) in [4.78, 5) is 14.2. The van der Waals surface area contributed by atoms with E-state index in [2.05, 4.69) is 12.1 Å². The Labute approximate surface area is 126 Å². The zero-order chi connectivity index (χ0) is 15.0. The first-order valence-electron chi connectivity index (χ1n) is 7.60. The van der Waals surface area contributed by atoms with Gasteiger partial charge in [-0.1, -0.05) is 18.9 Å². The number of methoxy groups -OCH3 is 2. The molecule has 0 N–H and O–H groups in total. The van der Waals surface area contributed by atoms with Crippen molar-refractivity contribution in [3.8, 4) is 11.5 Å². The summed E-state index contributed by atoms with van der Waals surface area (Å²) in [5.74, 6) is 1.75. The quantitative estimate of drug-likeness (QED) is 0.859. The van der Waals surface area contributed by atoms with Gasteiger partial charge in [0.15, 0.2) is 11.5 Å². The lowest BCUT2D eigenvalue weighted by molar-refractivity contribution is -0.127. The van der Waals surface area contributed by atoms with Crippen LogP contribution in [0.1, 0.15) is 37.7 Å². The van der Waals surface area contributed by atoms with Crippen LogP contribution in [0, 0.1) is 0 Å². The number of hydrogen-bond acceptors (Lipinski definition) is 3. The Morgan fingerprint density at radius 3 is 2.67 bits per heavy atom. The molecule has 1 aliphatic carbocycles. The van der Waals surface area contributed by atoms with Gasteiger partial charge in [0.25, 0.3) is 0 Å². The topological polar surface area (TPSA) is 38.8 Å². The maximum atomic E-state index is 12.3. The lowest BCUT2D eigenvalue weighted by Gasteiger charge is -2.41. The molecule has 1 saturated carbocycles. The van der Waals surface area contributed by atoms with Crippen molar-refractivity contribution in [3.05, 3.63) is 23.8 Å². The van der Waals surface area contributed by atoms with Crippen molar-refractivity contribution < 1.29 is 14.3 Å². The number of benzene rings is 1. The molecule has 4 nitrogen and oxygen atoms in total. The normalized spacial score (nSPS) is 28.4. The van der Waals surface area contributed by atoms with Gasteiger partial charge in [-0.3, -0.25) is 4.79 Å². The van der Waals surface area contributed by atoms with E-state index in [9.17, 15) is 4.79 Å². The van der Waals surface area contributed by atoms with Crippen molar-refractivity contribution in [3.63, 3.8) is 0 Å². The Kier molecular flexibility index (Phi) is 3.56. The highest BCUT2D eigenvalue weighted by Gasteiger charge is 2.52. The van der Waals surface area contributed by atoms with E-state index < -0.39 is 0 Å². The Morgan fingerprint density at radius 1 is 1.19 bits per heavy atom. The van der Waals surface area contributed by atoms with Crippen LogP contribution >= 0.6 is 0 Å². The molecule has 114 valence electrons. The van der Waals surface area contributed by atoms with E-state index in [0.717, 1.165) is 24.3 Å². The van der Waals surface area contributed by atoms with Crippen molar-refractivity contribution in [1.29, 1.82) is 0 Å². The zero-order valence-electron chi connectivity index (χ0n) is 13.0. The highest BCUT2D eigenvalue weighted by Crippen LogP contribution is 2.50. The van der Waals surface area contributed by atoms with Crippen molar-refractivity contribution in [2.24, 2.45) is 0 Å². The molecule has 0 spiro atoms. The van der Waals surface area contributed by atoms with Crippen LogP contribution in [0.5, 0.6) is 11.5 Å². The molecule has 0 aromatic heterocycles. The van der Waals surface area contributed by atoms with Crippen molar-refractivity contribution >= 4 is 5.91 Å². The zero-order valence-corrected chi connectivity index (χ0v) is 13.0. The number of rotatable bonds is 3. The lowest BCUT2D eigenvalue weighted by Crippen LogP contribution is -2.43. The summed E-state index contributed by atoms with van der Waals surface area (Å²) < 4.78 is 10.8. The number of likely N-dealkylation sites (tertiary alicyclic amines) is 1. The van der Waals surface area contributed by atoms with Crippen molar-refractivity contribution in [2.75, 3.05) is 21.3 Å². The largest absolute Gasteiger partial charge is 0.493 e. The number of ether oxygens (including phenoxy) is 2. The first-order valence-corrected chi connectivity index (χ1v) is 7.60. The predicted molar refractivity (Wildman–Crippen MR) is 80.9 cm³/mol. The highest BCUT2D eigenvalue weighted by molar-refractivity contribution is 5.81. The number of fused-ring (bicyclic) bond motifs is 1. The Morgan fingerprint density at radius 2 is 1.95 bits per heavy atom. The molecule has 2 atom stereocenters. The first kappa shape index (κ1) is 14.2. The summed E-state index contributed by atoms with van der Waals surface area (Å²) in [5, 5.41) is 0. The SMILES string of the molecule is COc1ccc([C@]23CCCC[C@H]2N(C)C(=O)C3)cc1OC. The molecule has 1 aromatic carbocycles. The summed E-state index contributed by atoms with van der Waals surface area (Å²) in [5.41, 5.74) is 1.16. The van der Waals surface area contributed by atoms with Gasteiger partial charge >= 0.3 is 0 Å². The molecule has 1 aliphatic heterocycles. The lowest BCUT2D eigenvalue weighted by atomic mass is 9.66. The number of hydrogen-bond donors (Lipinski definition) is 0. The molecule has 1 saturated heterocycles. The molecule has 0 unspecified atom stereocenters. The fraction of sp³-hybridized carbons (Fsp3) is 0.588. The molecular weight excluding hydrogens is 266 g/mol. The van der Waals surface area contributed by atoms with Crippen LogP contribution in [0.2, 0.25) is 0 Å². The smallest absolute Gasteiger partial charge is 0.223 e. The first-order chi connectivity index (χ1) is 10.1. The van der Waals surface area contributed by atoms with E-state index in [1.165, 1.54) is 18.4 Å². The Hall–Kier alpha value is -1.71. The Bertz CT molecular complexity index is 557. The van der Waals surface area contributed by atoms with Crippen LogP contribution in [0.4, 0.5) is 0 Å². The second-order valence-corrected chi connectivity index (χ2v) is 6.17. The van der Waals surface area contributed by atoms with Crippen LogP contribution in [-0.4, -0.2) is 38.1 Å². The van der Waals surface area contributed by atoms with E-state index in [0.29, 0.717) is 12.5 Å². The highest BCUT2D eigenvalue weighted by atomic mass is 16.5. The second kappa shape index (κ2) is 5.24. The fourth-order valence-corrected chi connectivity index (χ4v) is 4.14. The average Bonchev–Trinajstić information content (AvgIpc) is 2.79. The number of amides is 1. The summed E-state index contributed by atoms with van der Waals surface area (Å²) in [6.07, 6.45) is 5.17. The number of carbonyl (C=O) groups excluding carboxylic acids is 1. The molecule has 1 amide bonds. The van der Waals surface area contributed by atoms with Crippen LogP contribution < -0.4 is 9.47 Å². The van der Waals surface area contributed by atoms with E-state index in [4.69, 9.17) is 9.47 Å². The van der Waals surface area contributed by atoms with Gasteiger partial charge in [0.05, 0.1) is 14.2 Å². The molecule has 2 aliphatic rings. The van der Waals surface area contributed by atoms with E-state index >= 15 is 0 Å². The molecule has 0 radical (unpaired) electrons. The van der Waals surface area contributed by atoms with Crippen molar-refractivity contribution in [1.82, 2.24) is 4.90 Å². The summed E-state index contributed by atoms with van der Waals surface area (Å²) >= 11 is 0. The molecule has 3 rings (SSSR count). The van der Waals surface area contributed by atoms with Gasteiger partial charge in [0, 0.05) is 24.9 Å². The third-order valence-corrected chi connectivity index (χ3v) is 5.27. The van der Waals surface area contributed by atoms with E-state index in [1.54, 1.807) is 14.2 Å². The second-order valence-electron chi connectivity index (χ2n) is 6.17. The van der Waals surface area contributed by atoms with Crippen LogP contribution in [0.25, 0.3) is 0 Å². The summed E-state index contributed by atoms with van der Waals surface area (Å²) in [7, 11) is 5.25. The maximum Gasteiger partial charge on any atom is 0.223 e. The van der Waals surface area contributed by atoms with Crippen LogP contribution in [-0.2, 0) is 10.2 Å². The Balaban J connectivity index is 2.06. The molecule has 1 heterocycles. The minimum absolute atomic E-state index is 0.0519. The fourth-order valence-electron chi connectivity index (χ4n) is 4.14. The summed E-state index contributed by atoms with van der Waals surface area (Å²) in [6.45, 7) is 0. The minimum Gasteiger partial charge on any atom is -0.493 e. The third-order valence-electron chi connectivity index (χ3n) is 5.27. The number of carbonyl (C=O) groups is 1. The van der Waals surface area contributed by atoms with Crippen LogP contribution in [0.3, 0.4) is 0 Å². The van der Waals surface area contributed by atoms with E-state index in [-0.39, 0.29) is 11.3 Å². The van der Waals surface area contributed by atoms with Gasteiger partial charge in [-0.05, 0) is 30.5 Å². The van der Waals surface area contributed by atoms with Gasteiger partial charge in [0.1, 0.15) is 0 Å².